The van der Waals surface area contributed by atoms with Crippen LogP contribution < -0.4 is 0 Å². The lowest BCUT2D eigenvalue weighted by molar-refractivity contribution is 1.22. The molecule has 3 heteroatoms. The minimum atomic E-state index is 0.315. The van der Waals surface area contributed by atoms with E-state index in [0.717, 1.165) is 4.47 Å². The van der Waals surface area contributed by atoms with Gasteiger partial charge in [-0.25, -0.2) is 0 Å². The largest absolute Gasteiger partial charge is 0.147 e. The van der Waals surface area contributed by atoms with Crippen LogP contribution in [0.2, 0.25) is 0 Å². The molecule has 0 aliphatic rings. The van der Waals surface area contributed by atoms with Gasteiger partial charge in [-0.15, -0.1) is 11.3 Å². The smallest absolute Gasteiger partial charge is 0.0738 e. The normalized spacial score (nSPS) is 12.7. The molecule has 1 heterocycles. The van der Waals surface area contributed by atoms with Crippen molar-refractivity contribution < 1.29 is 0 Å². The third-order valence-electron chi connectivity index (χ3n) is 1.96. The molecule has 1 unspecified atom stereocenters. The summed E-state index contributed by atoms with van der Waals surface area (Å²) in [6.45, 7) is 0. The Morgan fingerprint density at radius 1 is 1.07 bits per heavy atom. The average Bonchev–Trinajstić information content (AvgIpc) is 2.71. The summed E-state index contributed by atoms with van der Waals surface area (Å²) in [5.41, 5.74) is 1.29. The lowest BCUT2D eigenvalue weighted by atomic mass is 10.1. The Kier molecular flexibility index (Phi) is 3.42. The van der Waals surface area contributed by atoms with Gasteiger partial charge in [-0.05, 0) is 29.1 Å². The minimum absolute atomic E-state index is 0.315. The van der Waals surface area contributed by atoms with Gasteiger partial charge in [-0.2, -0.15) is 0 Å². The SMILES string of the molecule is Brc1ccc(C(Br)c2cccs2)cc1. The van der Waals surface area contributed by atoms with Gasteiger partial charge in [0.2, 0.25) is 0 Å². The van der Waals surface area contributed by atoms with Crippen LogP contribution in [0.1, 0.15) is 15.3 Å². The first-order valence-electron chi connectivity index (χ1n) is 4.20. The number of thiophene rings is 1. The molecule has 2 rings (SSSR count). The van der Waals surface area contributed by atoms with Gasteiger partial charge in [0.1, 0.15) is 0 Å². The van der Waals surface area contributed by atoms with E-state index in [2.05, 4.69) is 73.6 Å². The molecule has 0 amide bonds. The van der Waals surface area contributed by atoms with Crippen molar-refractivity contribution in [1.29, 1.82) is 0 Å². The fourth-order valence-corrected chi connectivity index (χ4v) is 3.00. The van der Waals surface area contributed by atoms with Crippen molar-refractivity contribution in [3.05, 3.63) is 56.7 Å². The van der Waals surface area contributed by atoms with Gasteiger partial charge in [0, 0.05) is 9.35 Å². The van der Waals surface area contributed by atoms with E-state index < -0.39 is 0 Å². The average molecular weight is 332 g/mol. The molecule has 0 aliphatic heterocycles. The molecular weight excluding hydrogens is 324 g/mol. The molecule has 1 atom stereocenters. The zero-order chi connectivity index (χ0) is 9.97. The summed E-state index contributed by atoms with van der Waals surface area (Å²) in [5, 5.41) is 2.10. The highest BCUT2D eigenvalue weighted by molar-refractivity contribution is 9.10. The van der Waals surface area contributed by atoms with E-state index in [-0.39, 0.29) is 0 Å². The quantitative estimate of drug-likeness (QED) is 0.680. The number of hydrogen-bond donors (Lipinski definition) is 0. The summed E-state index contributed by atoms with van der Waals surface area (Å²) in [6.07, 6.45) is 0. The Hall–Kier alpha value is -0.120. The summed E-state index contributed by atoms with van der Waals surface area (Å²) < 4.78 is 1.12. The molecule has 0 bridgehead atoms. The van der Waals surface area contributed by atoms with Crippen LogP contribution in [-0.2, 0) is 0 Å². The summed E-state index contributed by atoms with van der Waals surface area (Å²) >= 11 is 8.89. The standard InChI is InChI=1S/C11H8Br2S/c12-9-5-3-8(4-6-9)11(13)10-2-1-7-14-10/h1-7,11H. The fraction of sp³-hybridized carbons (Fsp3) is 0.0909. The van der Waals surface area contributed by atoms with E-state index in [4.69, 9.17) is 0 Å². The molecule has 0 saturated carbocycles. The Balaban J connectivity index is 2.28. The zero-order valence-corrected chi connectivity index (χ0v) is 11.3. The van der Waals surface area contributed by atoms with Gasteiger partial charge in [0.05, 0.1) is 4.83 Å². The first kappa shape index (κ1) is 10.4. The fourth-order valence-electron chi connectivity index (χ4n) is 1.23. The van der Waals surface area contributed by atoms with E-state index in [1.807, 2.05) is 0 Å². The lowest BCUT2D eigenvalue weighted by Gasteiger charge is -2.07. The van der Waals surface area contributed by atoms with Crippen LogP contribution >= 0.6 is 43.2 Å². The second-order valence-electron chi connectivity index (χ2n) is 2.93. The topological polar surface area (TPSA) is 0 Å². The maximum Gasteiger partial charge on any atom is 0.0738 e. The second kappa shape index (κ2) is 4.60. The van der Waals surface area contributed by atoms with Gasteiger partial charge in [-0.1, -0.05) is 50.1 Å². The molecule has 0 fully saturated rings. The van der Waals surface area contributed by atoms with Gasteiger partial charge in [0.15, 0.2) is 0 Å². The highest BCUT2D eigenvalue weighted by atomic mass is 79.9. The van der Waals surface area contributed by atoms with Gasteiger partial charge in [-0.3, -0.25) is 0 Å². The van der Waals surface area contributed by atoms with Crippen molar-refractivity contribution in [3.63, 3.8) is 0 Å². The van der Waals surface area contributed by atoms with E-state index >= 15 is 0 Å². The van der Waals surface area contributed by atoms with Crippen LogP contribution in [0, 0.1) is 0 Å². The van der Waals surface area contributed by atoms with Crippen molar-refractivity contribution in [2.75, 3.05) is 0 Å². The molecule has 72 valence electrons. The highest BCUT2D eigenvalue weighted by Gasteiger charge is 2.10. The van der Waals surface area contributed by atoms with E-state index in [0.29, 0.717) is 4.83 Å². The molecule has 1 aromatic heterocycles. The molecule has 2 aromatic rings. The molecule has 0 saturated heterocycles. The Morgan fingerprint density at radius 3 is 2.36 bits per heavy atom. The van der Waals surface area contributed by atoms with E-state index in [1.54, 1.807) is 11.3 Å². The summed E-state index contributed by atoms with van der Waals surface area (Å²) in [5.74, 6) is 0. The van der Waals surface area contributed by atoms with Crippen LogP contribution in [-0.4, -0.2) is 0 Å². The number of halogens is 2. The summed E-state index contributed by atoms with van der Waals surface area (Å²) in [4.78, 5) is 1.66. The highest BCUT2D eigenvalue weighted by Crippen LogP contribution is 2.33. The summed E-state index contributed by atoms with van der Waals surface area (Å²) in [6, 6.07) is 12.6. The maximum atomic E-state index is 3.69. The lowest BCUT2D eigenvalue weighted by Crippen LogP contribution is -1.88. The molecule has 0 aliphatic carbocycles. The number of benzene rings is 1. The van der Waals surface area contributed by atoms with Gasteiger partial charge < -0.3 is 0 Å². The zero-order valence-electron chi connectivity index (χ0n) is 7.28. The van der Waals surface area contributed by atoms with Crippen molar-refractivity contribution in [2.24, 2.45) is 0 Å². The van der Waals surface area contributed by atoms with Crippen LogP contribution in [0.4, 0.5) is 0 Å². The van der Waals surface area contributed by atoms with Crippen LogP contribution in [0.15, 0.2) is 46.3 Å². The van der Waals surface area contributed by atoms with Crippen LogP contribution in [0.5, 0.6) is 0 Å². The van der Waals surface area contributed by atoms with Crippen molar-refractivity contribution in [1.82, 2.24) is 0 Å². The van der Waals surface area contributed by atoms with Crippen molar-refractivity contribution in [2.45, 2.75) is 4.83 Å². The first-order chi connectivity index (χ1) is 6.77. The second-order valence-corrected chi connectivity index (χ2v) is 5.74. The molecule has 1 aromatic carbocycles. The predicted octanol–water partition coefficient (Wildman–Crippen LogP) is 4.99. The van der Waals surface area contributed by atoms with Crippen LogP contribution in [0.25, 0.3) is 0 Å². The third kappa shape index (κ3) is 2.27. The third-order valence-corrected chi connectivity index (χ3v) is 4.75. The van der Waals surface area contributed by atoms with Crippen molar-refractivity contribution >= 4 is 43.2 Å². The molecule has 0 nitrogen and oxygen atoms in total. The summed E-state index contributed by atoms with van der Waals surface area (Å²) in [7, 11) is 0. The maximum absolute atomic E-state index is 3.69. The number of rotatable bonds is 2. The Morgan fingerprint density at radius 2 is 1.79 bits per heavy atom. The monoisotopic (exact) mass is 330 g/mol. The van der Waals surface area contributed by atoms with Crippen molar-refractivity contribution in [3.8, 4) is 0 Å². The minimum Gasteiger partial charge on any atom is -0.147 e. The number of hydrogen-bond acceptors (Lipinski definition) is 1. The van der Waals surface area contributed by atoms with E-state index in [9.17, 15) is 0 Å². The molecule has 0 spiro atoms. The van der Waals surface area contributed by atoms with Crippen LogP contribution in [0.3, 0.4) is 0 Å². The van der Waals surface area contributed by atoms with E-state index in [1.165, 1.54) is 10.4 Å². The predicted molar refractivity (Wildman–Crippen MR) is 69.2 cm³/mol. The molecular formula is C11H8Br2S. The molecule has 14 heavy (non-hydrogen) atoms. The Bertz CT molecular complexity index is 392. The first-order valence-corrected chi connectivity index (χ1v) is 6.79. The van der Waals surface area contributed by atoms with Gasteiger partial charge in [0.25, 0.3) is 0 Å². The van der Waals surface area contributed by atoms with Gasteiger partial charge >= 0.3 is 0 Å². The Labute approximate surface area is 104 Å². The molecule has 0 radical (unpaired) electrons. The number of alkyl halides is 1. The molecule has 0 N–H and O–H groups in total.